The highest BCUT2D eigenvalue weighted by atomic mass is 19.4. The van der Waals surface area contributed by atoms with E-state index in [0.717, 1.165) is 0 Å². The third-order valence-electron chi connectivity index (χ3n) is 6.39. The predicted octanol–water partition coefficient (Wildman–Crippen LogP) is 1.52. The summed E-state index contributed by atoms with van der Waals surface area (Å²) in [5.41, 5.74) is 0.221. The molecule has 3 atom stereocenters. The van der Waals surface area contributed by atoms with Crippen LogP contribution in [-0.2, 0) is 19.2 Å². The molecule has 1 saturated heterocycles. The number of nitrogens with zero attached hydrogens (tertiary/aromatic N) is 1. The van der Waals surface area contributed by atoms with Crippen molar-refractivity contribution in [3.05, 3.63) is 35.4 Å². The molecular formula is C26H33F3N4O7. The molecule has 2 rings (SSSR count). The summed E-state index contributed by atoms with van der Waals surface area (Å²) in [5, 5.41) is 15.6. The molecule has 4 N–H and O–H groups in total. The van der Waals surface area contributed by atoms with Crippen molar-refractivity contribution in [1.82, 2.24) is 20.9 Å². The van der Waals surface area contributed by atoms with Crippen LogP contribution in [0, 0.1) is 11.8 Å². The number of nitrogens with one attached hydrogen (secondary N) is 3. The van der Waals surface area contributed by atoms with Crippen molar-refractivity contribution < 1.29 is 47.0 Å². The number of carbonyl (C=O) groups is 6. The second-order valence-corrected chi connectivity index (χ2v) is 10.1. The number of carboxylic acids is 1. The number of amides is 4. The van der Waals surface area contributed by atoms with Gasteiger partial charge in [0, 0.05) is 17.7 Å². The molecule has 0 saturated carbocycles. The highest BCUT2D eigenvalue weighted by Gasteiger charge is 2.46. The lowest BCUT2D eigenvalue weighted by molar-refractivity contribution is -0.175. The summed E-state index contributed by atoms with van der Waals surface area (Å²) in [4.78, 5) is 74.9. The van der Waals surface area contributed by atoms with Crippen LogP contribution in [0.25, 0.3) is 0 Å². The third-order valence-corrected chi connectivity index (χ3v) is 6.39. The molecule has 0 aliphatic carbocycles. The normalized spacial score (nSPS) is 16.8. The maximum Gasteiger partial charge on any atom is 0.452 e. The number of hydrogen-bond acceptors (Lipinski definition) is 6. The molecule has 4 amide bonds. The molecule has 1 fully saturated rings. The Kier molecular flexibility index (Phi) is 10.8. The Morgan fingerprint density at radius 1 is 0.900 bits per heavy atom. The molecule has 1 unspecified atom stereocenters. The van der Waals surface area contributed by atoms with Crippen LogP contribution in [0.4, 0.5) is 13.2 Å². The van der Waals surface area contributed by atoms with Gasteiger partial charge in [0.2, 0.25) is 11.8 Å². The van der Waals surface area contributed by atoms with Crippen molar-refractivity contribution >= 4 is 35.4 Å². The Bertz CT molecular complexity index is 1140. The van der Waals surface area contributed by atoms with Gasteiger partial charge in [-0.3, -0.25) is 28.8 Å². The summed E-state index contributed by atoms with van der Waals surface area (Å²) in [6, 6.07) is 1.26. The zero-order chi connectivity index (χ0) is 30.4. The van der Waals surface area contributed by atoms with Crippen molar-refractivity contribution in [3.8, 4) is 0 Å². The number of hydrogen-bond donors (Lipinski definition) is 4. The van der Waals surface area contributed by atoms with E-state index in [1.165, 1.54) is 43.0 Å². The molecule has 1 aliphatic rings. The van der Waals surface area contributed by atoms with Crippen LogP contribution >= 0.6 is 0 Å². The predicted molar refractivity (Wildman–Crippen MR) is 135 cm³/mol. The van der Waals surface area contributed by atoms with E-state index in [-0.39, 0.29) is 24.1 Å². The molecule has 0 bridgehead atoms. The van der Waals surface area contributed by atoms with Gasteiger partial charge < -0.3 is 26.0 Å². The molecule has 0 radical (unpaired) electrons. The van der Waals surface area contributed by atoms with Gasteiger partial charge in [-0.25, -0.2) is 0 Å². The monoisotopic (exact) mass is 570 g/mol. The molecule has 0 spiro atoms. The molecule has 1 aromatic carbocycles. The van der Waals surface area contributed by atoms with Crippen molar-refractivity contribution in [2.24, 2.45) is 11.8 Å². The van der Waals surface area contributed by atoms with Gasteiger partial charge in [-0.1, -0.05) is 27.7 Å². The van der Waals surface area contributed by atoms with Gasteiger partial charge in [-0.15, -0.1) is 0 Å². The van der Waals surface area contributed by atoms with Gasteiger partial charge in [-0.2, -0.15) is 13.2 Å². The van der Waals surface area contributed by atoms with E-state index in [1.807, 2.05) is 0 Å². The Morgan fingerprint density at radius 2 is 1.43 bits per heavy atom. The van der Waals surface area contributed by atoms with E-state index in [1.54, 1.807) is 13.8 Å². The van der Waals surface area contributed by atoms with Crippen LogP contribution in [0.1, 0.15) is 61.3 Å². The summed E-state index contributed by atoms with van der Waals surface area (Å²) in [6.07, 6.45) is -4.57. The number of alkyl halides is 3. The fourth-order valence-corrected chi connectivity index (χ4v) is 4.21. The second-order valence-electron chi connectivity index (χ2n) is 10.1. The van der Waals surface area contributed by atoms with Crippen molar-refractivity contribution in [1.29, 1.82) is 0 Å². The summed E-state index contributed by atoms with van der Waals surface area (Å²) in [7, 11) is 0. The van der Waals surface area contributed by atoms with Crippen molar-refractivity contribution in [2.75, 3.05) is 13.1 Å². The fourth-order valence-electron chi connectivity index (χ4n) is 4.21. The Labute approximate surface area is 228 Å². The van der Waals surface area contributed by atoms with Gasteiger partial charge in [-0.05, 0) is 48.9 Å². The van der Waals surface area contributed by atoms with Gasteiger partial charge in [0.05, 0.1) is 6.04 Å². The lowest BCUT2D eigenvalue weighted by atomic mass is 9.98. The number of likely N-dealkylation sites (tertiary alicyclic amines) is 1. The molecule has 1 aliphatic heterocycles. The minimum Gasteiger partial charge on any atom is -0.480 e. The van der Waals surface area contributed by atoms with Crippen molar-refractivity contribution in [3.63, 3.8) is 0 Å². The topological polar surface area (TPSA) is 162 Å². The Hall–Kier alpha value is -3.97. The van der Waals surface area contributed by atoms with Crippen LogP contribution in [-0.4, -0.2) is 82.8 Å². The molecule has 11 nitrogen and oxygen atoms in total. The zero-order valence-corrected chi connectivity index (χ0v) is 22.5. The second kappa shape index (κ2) is 13.4. The van der Waals surface area contributed by atoms with Crippen LogP contribution in [0.2, 0.25) is 0 Å². The summed E-state index contributed by atoms with van der Waals surface area (Å²) in [6.45, 7) is 5.62. The molecule has 1 heterocycles. The van der Waals surface area contributed by atoms with Gasteiger partial charge in [0.15, 0.2) is 0 Å². The van der Waals surface area contributed by atoms with Gasteiger partial charge >= 0.3 is 12.1 Å². The third kappa shape index (κ3) is 8.26. The van der Waals surface area contributed by atoms with Crippen molar-refractivity contribution in [2.45, 2.75) is 64.8 Å². The Balaban J connectivity index is 2.14. The van der Waals surface area contributed by atoms with Crippen LogP contribution in [0.5, 0.6) is 0 Å². The molecule has 1 aromatic rings. The first-order valence-corrected chi connectivity index (χ1v) is 12.7. The van der Waals surface area contributed by atoms with E-state index < -0.39 is 78.1 Å². The molecule has 220 valence electrons. The van der Waals surface area contributed by atoms with Crippen LogP contribution in [0.3, 0.4) is 0 Å². The molecule has 0 aromatic heterocycles. The quantitative estimate of drug-likeness (QED) is 0.314. The number of Topliss-reactive ketones (excluding diaryl/α,β-unsaturated/α-hetero) is 1. The number of halogens is 3. The van der Waals surface area contributed by atoms with E-state index in [2.05, 4.69) is 16.0 Å². The number of carboxylic acid groups (broad SMARTS) is 1. The van der Waals surface area contributed by atoms with E-state index >= 15 is 0 Å². The minimum absolute atomic E-state index is 0.106. The summed E-state index contributed by atoms with van der Waals surface area (Å²) >= 11 is 0. The average molecular weight is 571 g/mol. The lowest BCUT2D eigenvalue weighted by Crippen LogP contribution is -2.58. The van der Waals surface area contributed by atoms with Gasteiger partial charge in [0.25, 0.3) is 17.6 Å². The standard InChI is InChI=1S/C26H33F3N4O7/c1-13(2)19(21(36)26(27,28)29)31-24(39)17-6-5-11-33(17)25(40)20(14(3)4)32-23(38)16-9-7-15(8-10-16)22(37)30-12-18(34)35/h7-10,13-14,17,19-20H,5-6,11-12H2,1-4H3,(H,30,37)(H,31,39)(H,32,38)(H,34,35)/t17-,19?,20-/m0/s1. The number of aliphatic carboxylic acids is 1. The van der Waals surface area contributed by atoms with E-state index in [0.29, 0.717) is 6.42 Å². The maximum absolute atomic E-state index is 13.4. The number of rotatable bonds is 11. The molecule has 14 heteroatoms. The highest BCUT2D eigenvalue weighted by Crippen LogP contribution is 2.24. The number of carbonyl (C=O) groups excluding carboxylic acids is 5. The Morgan fingerprint density at radius 3 is 1.90 bits per heavy atom. The summed E-state index contributed by atoms with van der Waals surface area (Å²) < 4.78 is 39.1. The lowest BCUT2D eigenvalue weighted by Gasteiger charge is -2.32. The SMILES string of the molecule is CC(C)C(NC(=O)[C@@H]1CCCN1C(=O)[C@@H](NC(=O)c1ccc(C(=O)NCC(=O)O)cc1)C(C)C)C(=O)C(F)(F)F. The largest absolute Gasteiger partial charge is 0.480 e. The average Bonchev–Trinajstić information content (AvgIpc) is 3.37. The first-order chi connectivity index (χ1) is 18.5. The maximum atomic E-state index is 13.4. The number of ketones is 1. The van der Waals surface area contributed by atoms with E-state index in [9.17, 15) is 41.9 Å². The first kappa shape index (κ1) is 32.2. The number of benzene rings is 1. The first-order valence-electron chi connectivity index (χ1n) is 12.7. The zero-order valence-electron chi connectivity index (χ0n) is 22.5. The van der Waals surface area contributed by atoms with Gasteiger partial charge in [0.1, 0.15) is 18.6 Å². The van der Waals surface area contributed by atoms with Crippen LogP contribution in [0.15, 0.2) is 24.3 Å². The smallest absolute Gasteiger partial charge is 0.452 e. The summed E-state index contributed by atoms with van der Waals surface area (Å²) in [5.74, 6) is -7.37. The van der Waals surface area contributed by atoms with Crippen LogP contribution < -0.4 is 16.0 Å². The highest BCUT2D eigenvalue weighted by molar-refractivity contribution is 6.01. The fraction of sp³-hybridized carbons (Fsp3) is 0.538. The molecule has 40 heavy (non-hydrogen) atoms. The van der Waals surface area contributed by atoms with E-state index in [4.69, 9.17) is 5.11 Å². The molecular weight excluding hydrogens is 537 g/mol. The minimum atomic E-state index is -5.14.